The maximum atomic E-state index is 14.0. The van der Waals surface area contributed by atoms with Crippen molar-refractivity contribution in [2.24, 2.45) is 28.6 Å². The van der Waals surface area contributed by atoms with Gasteiger partial charge in [-0.05, 0) is 56.1 Å². The minimum Gasteiger partial charge on any atom is -0.467 e. The number of methoxy groups -OCH3 is 1. The zero-order chi connectivity index (χ0) is 35.3. The Morgan fingerprint density at radius 3 is 2.21 bits per heavy atom. The van der Waals surface area contributed by atoms with Gasteiger partial charge in [0, 0.05) is 37.5 Å². The number of ketones is 2. The first-order chi connectivity index (χ1) is 22.5. The van der Waals surface area contributed by atoms with E-state index in [0.29, 0.717) is 19.3 Å². The van der Waals surface area contributed by atoms with Crippen molar-refractivity contribution >= 4 is 35.4 Å². The highest BCUT2D eigenvalue weighted by atomic mass is 16.7. The predicted octanol–water partition coefficient (Wildman–Crippen LogP) is 1.27. The van der Waals surface area contributed by atoms with Crippen LogP contribution in [-0.2, 0) is 57.2 Å². The second-order valence-corrected chi connectivity index (χ2v) is 14.0. The Labute approximate surface area is 278 Å². The molecule has 0 aromatic carbocycles. The Balaban J connectivity index is 1.39. The van der Waals surface area contributed by atoms with E-state index in [1.165, 1.54) is 0 Å². The summed E-state index contributed by atoms with van der Waals surface area (Å²) in [6.45, 7) is 6.25. The second kappa shape index (κ2) is 13.1. The molecule has 0 spiro atoms. The van der Waals surface area contributed by atoms with Crippen LogP contribution in [0.5, 0.6) is 0 Å². The zero-order valence-corrected chi connectivity index (χ0v) is 28.0. The molecular weight excluding hydrogens is 632 g/mol. The van der Waals surface area contributed by atoms with Crippen molar-refractivity contribution < 1.29 is 67.4 Å². The Morgan fingerprint density at radius 1 is 0.958 bits per heavy atom. The molecule has 5 rings (SSSR count). The van der Waals surface area contributed by atoms with Gasteiger partial charge in [-0.25, -0.2) is 4.79 Å². The molecule has 0 unspecified atom stereocenters. The van der Waals surface area contributed by atoms with Crippen molar-refractivity contribution in [3.8, 4) is 0 Å². The van der Waals surface area contributed by atoms with Crippen molar-refractivity contribution in [2.75, 3.05) is 13.7 Å². The molecule has 4 fully saturated rings. The number of hydrogen-bond donors (Lipinski definition) is 2. The third kappa shape index (κ3) is 6.01. The largest absolute Gasteiger partial charge is 0.467 e. The Morgan fingerprint density at radius 2 is 1.58 bits per heavy atom. The van der Waals surface area contributed by atoms with E-state index in [0.717, 1.165) is 33.5 Å². The highest BCUT2D eigenvalue weighted by Crippen LogP contribution is 2.67. The Kier molecular flexibility index (Phi) is 9.78. The maximum Gasteiger partial charge on any atom is 0.339 e. The molecule has 4 aliphatic carbocycles. The highest BCUT2D eigenvalue weighted by molar-refractivity contribution is 6.01. The lowest BCUT2D eigenvalue weighted by Crippen LogP contribution is -2.64. The summed E-state index contributed by atoms with van der Waals surface area (Å²) in [5.74, 6) is -4.74. The summed E-state index contributed by atoms with van der Waals surface area (Å²) in [6, 6.07) is 0. The molecule has 0 amide bonds. The van der Waals surface area contributed by atoms with E-state index >= 15 is 0 Å². The van der Waals surface area contributed by atoms with Gasteiger partial charge in [0.25, 0.3) is 0 Å². The molecule has 1 saturated heterocycles. The quantitative estimate of drug-likeness (QED) is 0.275. The maximum absolute atomic E-state index is 14.0. The summed E-state index contributed by atoms with van der Waals surface area (Å²) in [5, 5.41) is 23.8. The van der Waals surface area contributed by atoms with E-state index in [2.05, 4.69) is 0 Å². The molecule has 2 N–H and O–H groups in total. The molecule has 0 aromatic rings. The first kappa shape index (κ1) is 35.8. The number of carbonyl (C=O) groups excluding carboxylic acids is 6. The predicted molar refractivity (Wildman–Crippen MR) is 161 cm³/mol. The van der Waals surface area contributed by atoms with E-state index in [1.54, 1.807) is 12.2 Å². The van der Waals surface area contributed by atoms with Crippen LogP contribution in [-0.4, -0.2) is 102 Å². The lowest BCUT2D eigenvalue weighted by Gasteiger charge is -2.59. The van der Waals surface area contributed by atoms with E-state index in [1.807, 2.05) is 19.9 Å². The van der Waals surface area contributed by atoms with Gasteiger partial charge in [-0.2, -0.15) is 0 Å². The third-order valence-electron chi connectivity index (χ3n) is 11.3. The van der Waals surface area contributed by atoms with Gasteiger partial charge in [-0.3, -0.25) is 24.0 Å². The van der Waals surface area contributed by atoms with E-state index in [4.69, 9.17) is 28.4 Å². The van der Waals surface area contributed by atoms with Crippen LogP contribution in [0.4, 0.5) is 0 Å². The van der Waals surface area contributed by atoms with Gasteiger partial charge in [0.1, 0.15) is 12.2 Å². The van der Waals surface area contributed by atoms with Crippen LogP contribution >= 0.6 is 0 Å². The second-order valence-electron chi connectivity index (χ2n) is 14.0. The van der Waals surface area contributed by atoms with Crippen molar-refractivity contribution in [1.29, 1.82) is 0 Å². The molecule has 0 aromatic heterocycles. The molecule has 0 radical (unpaired) electrons. The fraction of sp³-hybridized carbons (Fsp3) is 0.706. The first-order valence-corrected chi connectivity index (χ1v) is 16.2. The highest BCUT2D eigenvalue weighted by Gasteiger charge is 2.68. The molecule has 264 valence electrons. The Bertz CT molecular complexity index is 1430. The van der Waals surface area contributed by atoms with Crippen LogP contribution in [0.2, 0.25) is 0 Å². The smallest absolute Gasteiger partial charge is 0.339 e. The van der Waals surface area contributed by atoms with Gasteiger partial charge in [-0.1, -0.05) is 25.5 Å². The van der Waals surface area contributed by atoms with E-state index in [9.17, 15) is 39.0 Å². The normalized spacial score (nSPS) is 41.5. The van der Waals surface area contributed by atoms with Crippen LogP contribution in [0, 0.1) is 28.6 Å². The topological polar surface area (TPSA) is 198 Å². The molecule has 5 aliphatic rings. The van der Waals surface area contributed by atoms with Crippen molar-refractivity contribution in [3.05, 3.63) is 23.8 Å². The lowest BCUT2D eigenvalue weighted by molar-refractivity contribution is -0.300. The van der Waals surface area contributed by atoms with Gasteiger partial charge < -0.3 is 38.6 Å². The minimum absolute atomic E-state index is 0.0277. The van der Waals surface area contributed by atoms with Gasteiger partial charge in [-0.15, -0.1) is 0 Å². The van der Waals surface area contributed by atoms with E-state index in [-0.39, 0.29) is 36.4 Å². The molecule has 12 atom stereocenters. The summed E-state index contributed by atoms with van der Waals surface area (Å²) >= 11 is 0. The lowest BCUT2D eigenvalue weighted by atomic mass is 9.46. The average molecular weight is 677 g/mol. The first-order valence-electron chi connectivity index (χ1n) is 16.2. The molecule has 14 nitrogen and oxygen atoms in total. The van der Waals surface area contributed by atoms with Gasteiger partial charge in [0.05, 0.1) is 13.2 Å². The summed E-state index contributed by atoms with van der Waals surface area (Å²) in [4.78, 5) is 75.0. The number of carbonyl (C=O) groups is 6. The number of aliphatic hydroxyl groups is 2. The van der Waals surface area contributed by atoms with Crippen LogP contribution in [0.1, 0.15) is 66.7 Å². The van der Waals surface area contributed by atoms with Crippen molar-refractivity contribution in [2.45, 2.75) is 109 Å². The summed E-state index contributed by atoms with van der Waals surface area (Å²) in [5.41, 5.74) is -2.48. The zero-order valence-electron chi connectivity index (χ0n) is 28.0. The standard InChI is InChI=1S/C34H44O14/c1-16(35)45-26-27(46-17(2)36)29(47-18(3)37)31(48-28(26)30(41)43-6)44-15-24(40)34(42)12-10-22-21-8-7-19-13-20(38)9-11-32(19,4)25(21)23(39)14-33(22,34)5/h9,11,13,21-23,25-29,31,39,42H,7-8,10,12,14-15H2,1-6H3/t21-,22-,23+,25+,26-,27-,28-,29+,31+,32+,33+,34-/m1/s1. The summed E-state index contributed by atoms with van der Waals surface area (Å²) in [7, 11) is 1.05. The van der Waals surface area contributed by atoms with Crippen molar-refractivity contribution in [1.82, 2.24) is 0 Å². The number of rotatable bonds is 8. The molecule has 48 heavy (non-hydrogen) atoms. The van der Waals surface area contributed by atoms with Crippen LogP contribution in [0.15, 0.2) is 23.8 Å². The summed E-state index contributed by atoms with van der Waals surface area (Å²) < 4.78 is 32.3. The third-order valence-corrected chi connectivity index (χ3v) is 11.3. The summed E-state index contributed by atoms with van der Waals surface area (Å²) in [6.07, 6.45) is -1.86. The van der Waals surface area contributed by atoms with Crippen LogP contribution < -0.4 is 0 Å². The number of esters is 4. The minimum atomic E-state index is -1.91. The van der Waals surface area contributed by atoms with Crippen LogP contribution in [0.25, 0.3) is 0 Å². The SMILES string of the molecule is COC(=O)[C@@H]1O[C@H](OCC(=O)[C@]2(O)CC[C@@H]3[C@H]4CCC5=CC(=O)C=C[C@]5(C)[C@@H]4[C@@H](O)C[C@@]32C)[C@@H](OC(C)=O)[C@H](OC(C)=O)[C@H]1OC(C)=O. The number of aliphatic hydroxyl groups excluding tert-OH is 1. The number of allylic oxidation sites excluding steroid dienone is 4. The van der Waals surface area contributed by atoms with Crippen molar-refractivity contribution in [3.63, 3.8) is 0 Å². The fourth-order valence-electron chi connectivity index (χ4n) is 9.28. The number of ether oxygens (including phenoxy) is 6. The Hall–Kier alpha value is -3.46. The monoisotopic (exact) mass is 676 g/mol. The van der Waals surface area contributed by atoms with Gasteiger partial charge in [0.15, 0.2) is 42.3 Å². The van der Waals surface area contributed by atoms with Gasteiger partial charge >= 0.3 is 23.9 Å². The molecule has 14 heteroatoms. The molecule has 1 aliphatic heterocycles. The number of fused-ring (bicyclic) bond motifs is 5. The number of Topliss-reactive ketones (excluding diaryl/α,β-unsaturated/α-hetero) is 1. The number of hydrogen-bond acceptors (Lipinski definition) is 14. The fourth-order valence-corrected chi connectivity index (χ4v) is 9.28. The molecular formula is C34H44O14. The van der Waals surface area contributed by atoms with Crippen LogP contribution in [0.3, 0.4) is 0 Å². The average Bonchev–Trinajstić information content (AvgIpc) is 3.27. The molecule has 3 saturated carbocycles. The van der Waals surface area contributed by atoms with E-state index < -0.39 is 89.5 Å². The van der Waals surface area contributed by atoms with Gasteiger partial charge in [0.2, 0.25) is 0 Å². The molecule has 1 heterocycles. The molecule has 0 bridgehead atoms.